The molecule has 0 aromatic heterocycles. The van der Waals surface area contributed by atoms with Crippen LogP contribution >= 0.6 is 0 Å². The van der Waals surface area contributed by atoms with Crippen molar-refractivity contribution in [2.24, 2.45) is 5.92 Å². The highest BCUT2D eigenvalue weighted by Gasteiger charge is 2.24. The maximum absolute atomic E-state index is 11.6. The van der Waals surface area contributed by atoms with E-state index in [1.54, 1.807) is 0 Å². The molecule has 104 valence electrons. The molecule has 0 aromatic carbocycles. The van der Waals surface area contributed by atoms with Crippen molar-refractivity contribution in [3.05, 3.63) is 0 Å². The van der Waals surface area contributed by atoms with Crippen molar-refractivity contribution in [2.45, 2.75) is 39.7 Å². The Morgan fingerprint density at radius 2 is 1.94 bits per heavy atom. The summed E-state index contributed by atoms with van der Waals surface area (Å²) in [6.45, 7) is 9.32. The molecule has 0 spiro atoms. The van der Waals surface area contributed by atoms with Crippen LogP contribution in [0.25, 0.3) is 0 Å². The molecule has 0 bridgehead atoms. The van der Waals surface area contributed by atoms with Gasteiger partial charge in [-0.25, -0.2) is 0 Å². The van der Waals surface area contributed by atoms with E-state index in [1.807, 2.05) is 13.8 Å². The molecule has 0 saturated carbocycles. The molecule has 1 heterocycles. The Balaban J connectivity index is 2.25. The first kappa shape index (κ1) is 15.0. The number of hydrogen-bond donors (Lipinski definition) is 2. The lowest BCUT2D eigenvalue weighted by Gasteiger charge is -2.22. The molecule has 1 atom stereocenters. The minimum atomic E-state index is -0.523. The molecular weight excluding hydrogens is 230 g/mol. The highest BCUT2D eigenvalue weighted by molar-refractivity contribution is 6.35. The number of carbonyl (C=O) groups is 2. The molecule has 0 radical (unpaired) electrons. The van der Waals surface area contributed by atoms with E-state index in [2.05, 4.69) is 22.5 Å². The van der Waals surface area contributed by atoms with Crippen LogP contribution in [-0.2, 0) is 9.59 Å². The number of amides is 2. The molecule has 5 heteroatoms. The topological polar surface area (TPSA) is 61.4 Å². The van der Waals surface area contributed by atoms with Crippen molar-refractivity contribution < 1.29 is 9.59 Å². The summed E-state index contributed by atoms with van der Waals surface area (Å²) in [6.07, 6.45) is 2.27. The van der Waals surface area contributed by atoms with E-state index >= 15 is 0 Å². The van der Waals surface area contributed by atoms with Gasteiger partial charge in [-0.15, -0.1) is 0 Å². The number of nitrogens with one attached hydrogen (secondary N) is 2. The van der Waals surface area contributed by atoms with Gasteiger partial charge in [0, 0.05) is 19.1 Å². The standard InChI is InChI=1S/C13H25N3O2/c1-4-16-7-5-6-11(16)9-15-13(18)12(17)14-8-10(2)3/h10-11H,4-9H2,1-3H3,(H,14,17)(H,15,18). The van der Waals surface area contributed by atoms with Crippen LogP contribution in [0.15, 0.2) is 0 Å². The van der Waals surface area contributed by atoms with E-state index in [0.29, 0.717) is 25.0 Å². The highest BCUT2D eigenvalue weighted by Crippen LogP contribution is 2.15. The van der Waals surface area contributed by atoms with Crippen LogP contribution in [0.3, 0.4) is 0 Å². The maximum Gasteiger partial charge on any atom is 0.309 e. The fourth-order valence-electron chi connectivity index (χ4n) is 2.21. The summed E-state index contributed by atoms with van der Waals surface area (Å²) in [5.41, 5.74) is 0. The van der Waals surface area contributed by atoms with E-state index in [0.717, 1.165) is 19.5 Å². The molecule has 2 N–H and O–H groups in total. The molecular formula is C13H25N3O2. The first-order valence-corrected chi connectivity index (χ1v) is 6.84. The van der Waals surface area contributed by atoms with Gasteiger partial charge in [-0.2, -0.15) is 0 Å². The molecule has 18 heavy (non-hydrogen) atoms. The molecule has 0 aliphatic carbocycles. The van der Waals surface area contributed by atoms with Gasteiger partial charge in [0.1, 0.15) is 0 Å². The van der Waals surface area contributed by atoms with E-state index in [4.69, 9.17) is 0 Å². The van der Waals surface area contributed by atoms with Gasteiger partial charge in [0.15, 0.2) is 0 Å². The summed E-state index contributed by atoms with van der Waals surface area (Å²) in [5.74, 6) is -0.685. The average Bonchev–Trinajstić information content (AvgIpc) is 2.80. The van der Waals surface area contributed by atoms with E-state index in [9.17, 15) is 9.59 Å². The zero-order chi connectivity index (χ0) is 13.5. The number of likely N-dealkylation sites (tertiary alicyclic amines) is 1. The van der Waals surface area contributed by atoms with Crippen molar-refractivity contribution in [1.82, 2.24) is 15.5 Å². The second kappa shape index (κ2) is 7.36. The van der Waals surface area contributed by atoms with Gasteiger partial charge >= 0.3 is 11.8 Å². The highest BCUT2D eigenvalue weighted by atomic mass is 16.2. The van der Waals surface area contributed by atoms with Crippen molar-refractivity contribution in [1.29, 1.82) is 0 Å². The Bertz CT molecular complexity index is 292. The van der Waals surface area contributed by atoms with Gasteiger partial charge in [0.25, 0.3) is 0 Å². The predicted molar refractivity (Wildman–Crippen MR) is 71.1 cm³/mol. The molecule has 1 fully saturated rings. The Kier molecular flexibility index (Phi) is 6.12. The van der Waals surface area contributed by atoms with Crippen molar-refractivity contribution in [3.63, 3.8) is 0 Å². The van der Waals surface area contributed by atoms with Gasteiger partial charge in [-0.1, -0.05) is 20.8 Å². The molecule has 1 aliphatic rings. The Morgan fingerprint density at radius 1 is 1.28 bits per heavy atom. The van der Waals surface area contributed by atoms with Crippen LogP contribution in [0, 0.1) is 5.92 Å². The quantitative estimate of drug-likeness (QED) is 0.697. The van der Waals surface area contributed by atoms with Crippen LogP contribution in [0.4, 0.5) is 0 Å². The van der Waals surface area contributed by atoms with Crippen LogP contribution in [0.5, 0.6) is 0 Å². The third-order valence-corrected chi connectivity index (χ3v) is 3.28. The minimum absolute atomic E-state index is 0.354. The zero-order valence-electron chi connectivity index (χ0n) is 11.7. The maximum atomic E-state index is 11.6. The number of hydrogen-bond acceptors (Lipinski definition) is 3. The molecule has 1 rings (SSSR count). The monoisotopic (exact) mass is 255 g/mol. The first-order chi connectivity index (χ1) is 8.54. The SMILES string of the molecule is CCN1CCCC1CNC(=O)C(=O)NCC(C)C. The second-order valence-corrected chi connectivity index (χ2v) is 5.24. The van der Waals surface area contributed by atoms with Gasteiger partial charge in [-0.3, -0.25) is 14.5 Å². The number of nitrogens with zero attached hydrogens (tertiary/aromatic N) is 1. The third kappa shape index (κ3) is 4.64. The van der Waals surface area contributed by atoms with E-state index < -0.39 is 11.8 Å². The molecule has 2 amide bonds. The smallest absolute Gasteiger partial charge is 0.309 e. The van der Waals surface area contributed by atoms with Crippen molar-refractivity contribution >= 4 is 11.8 Å². The van der Waals surface area contributed by atoms with Crippen LogP contribution in [0.2, 0.25) is 0 Å². The molecule has 1 aliphatic heterocycles. The van der Waals surface area contributed by atoms with Gasteiger partial charge in [0.2, 0.25) is 0 Å². The lowest BCUT2D eigenvalue weighted by molar-refractivity contribution is -0.139. The fourth-order valence-corrected chi connectivity index (χ4v) is 2.21. The summed E-state index contributed by atoms with van der Waals surface area (Å²) >= 11 is 0. The van der Waals surface area contributed by atoms with Crippen molar-refractivity contribution in [3.8, 4) is 0 Å². The Morgan fingerprint density at radius 3 is 2.56 bits per heavy atom. The number of carbonyl (C=O) groups excluding carboxylic acids is 2. The normalized spacial score (nSPS) is 20.1. The first-order valence-electron chi connectivity index (χ1n) is 6.84. The summed E-state index contributed by atoms with van der Waals surface area (Å²) in [6, 6.07) is 0.386. The summed E-state index contributed by atoms with van der Waals surface area (Å²) in [5, 5.41) is 5.34. The predicted octanol–water partition coefficient (Wildman–Crippen LogP) is 0.359. The molecule has 1 saturated heterocycles. The van der Waals surface area contributed by atoms with Crippen LogP contribution < -0.4 is 10.6 Å². The minimum Gasteiger partial charge on any atom is -0.348 e. The van der Waals surface area contributed by atoms with Gasteiger partial charge in [0.05, 0.1) is 0 Å². The molecule has 1 unspecified atom stereocenters. The van der Waals surface area contributed by atoms with Gasteiger partial charge in [-0.05, 0) is 31.8 Å². The zero-order valence-corrected chi connectivity index (χ0v) is 11.7. The van der Waals surface area contributed by atoms with Crippen LogP contribution in [-0.4, -0.2) is 48.9 Å². The summed E-state index contributed by atoms with van der Waals surface area (Å²) in [7, 11) is 0. The van der Waals surface area contributed by atoms with Gasteiger partial charge < -0.3 is 10.6 Å². The lowest BCUT2D eigenvalue weighted by Crippen LogP contribution is -2.46. The molecule has 0 aromatic rings. The summed E-state index contributed by atoms with van der Waals surface area (Å²) < 4.78 is 0. The number of rotatable bonds is 5. The van der Waals surface area contributed by atoms with E-state index in [-0.39, 0.29) is 0 Å². The van der Waals surface area contributed by atoms with Crippen molar-refractivity contribution in [2.75, 3.05) is 26.2 Å². The van der Waals surface area contributed by atoms with E-state index in [1.165, 1.54) is 6.42 Å². The second-order valence-electron chi connectivity index (χ2n) is 5.24. The fraction of sp³-hybridized carbons (Fsp3) is 0.846. The Hall–Kier alpha value is -1.10. The lowest BCUT2D eigenvalue weighted by atomic mass is 10.2. The van der Waals surface area contributed by atoms with Crippen LogP contribution in [0.1, 0.15) is 33.6 Å². The average molecular weight is 255 g/mol. The molecule has 5 nitrogen and oxygen atoms in total. The largest absolute Gasteiger partial charge is 0.348 e. The third-order valence-electron chi connectivity index (χ3n) is 3.28. The number of likely N-dealkylation sites (N-methyl/N-ethyl adjacent to an activating group) is 1. The summed E-state index contributed by atoms with van der Waals surface area (Å²) in [4.78, 5) is 25.4. The Labute approximate surface area is 109 Å².